The Hall–Kier alpha value is -1.30. The quantitative estimate of drug-likeness (QED) is 0.564. The predicted octanol–water partition coefficient (Wildman–Crippen LogP) is -0.210. The molecule has 1 aliphatic rings. The third-order valence-corrected chi connectivity index (χ3v) is 2.42. The van der Waals surface area contributed by atoms with Crippen LogP contribution in [-0.2, 0) is 19.3 Å². The summed E-state index contributed by atoms with van der Waals surface area (Å²) < 4.78 is 26.8. The molecule has 0 aromatic rings. The molecule has 0 fully saturated rings. The molecule has 1 rings (SSSR count). The molecular formula is C6H7NO4S. The van der Waals surface area contributed by atoms with Crippen molar-refractivity contribution < 1.29 is 17.4 Å². The molecule has 1 aliphatic heterocycles. The summed E-state index contributed by atoms with van der Waals surface area (Å²) in [5.41, 5.74) is 0. The molecular weight excluding hydrogens is 182 g/mol. The van der Waals surface area contributed by atoms with Gasteiger partial charge in [-0.05, 0) is 0 Å². The highest BCUT2D eigenvalue weighted by Gasteiger charge is 2.28. The second-order valence-electron chi connectivity index (χ2n) is 2.01. The molecule has 0 aromatic carbocycles. The van der Waals surface area contributed by atoms with E-state index in [9.17, 15) is 13.2 Å². The van der Waals surface area contributed by atoms with Crippen molar-refractivity contribution in [1.82, 2.24) is 4.31 Å². The molecule has 0 N–H and O–H groups in total. The lowest BCUT2D eigenvalue weighted by molar-refractivity contribution is -0.122. The van der Waals surface area contributed by atoms with E-state index in [4.69, 9.17) is 0 Å². The molecule has 0 radical (unpaired) electrons. The Morgan fingerprint density at radius 3 is 2.83 bits per heavy atom. The summed E-state index contributed by atoms with van der Waals surface area (Å²) in [5, 5.41) is 0. The monoisotopic (exact) mass is 189 g/mol. The van der Waals surface area contributed by atoms with Crippen LogP contribution in [0.2, 0.25) is 0 Å². The molecule has 0 saturated heterocycles. The first-order chi connectivity index (χ1) is 5.58. The largest absolute Gasteiger partial charge is 0.412 e. The summed E-state index contributed by atoms with van der Waals surface area (Å²) in [6.07, 6.45) is 3.18. The van der Waals surface area contributed by atoms with Gasteiger partial charge in [-0.15, -0.1) is 6.58 Å². The van der Waals surface area contributed by atoms with Crippen molar-refractivity contribution in [2.24, 2.45) is 0 Å². The summed E-state index contributed by atoms with van der Waals surface area (Å²) >= 11 is 0. The number of nitrogens with zero attached hydrogens (tertiary/aromatic N) is 1. The zero-order valence-electron chi connectivity index (χ0n) is 6.13. The van der Waals surface area contributed by atoms with Gasteiger partial charge in [0.15, 0.2) is 0 Å². The minimum absolute atomic E-state index is 0.0779. The average Bonchev–Trinajstić information content (AvgIpc) is 1.97. The highest BCUT2D eigenvalue weighted by molar-refractivity contribution is 7.85. The normalized spacial score (nSPS) is 20.3. The van der Waals surface area contributed by atoms with E-state index in [0.29, 0.717) is 4.31 Å². The van der Waals surface area contributed by atoms with E-state index in [0.717, 1.165) is 12.3 Å². The Kier molecular flexibility index (Phi) is 2.18. The van der Waals surface area contributed by atoms with E-state index < -0.39 is 16.2 Å². The molecule has 5 nitrogen and oxygen atoms in total. The van der Waals surface area contributed by atoms with Gasteiger partial charge in [0.05, 0.1) is 6.54 Å². The number of rotatable bonds is 2. The Morgan fingerprint density at radius 1 is 1.67 bits per heavy atom. The second kappa shape index (κ2) is 2.98. The molecule has 12 heavy (non-hydrogen) atoms. The SMILES string of the molecule is C=CCN1C(=O)C=COS1(=O)=O. The average molecular weight is 189 g/mol. The maximum Gasteiger partial charge on any atom is 0.412 e. The number of carbonyl (C=O) groups excluding carboxylic acids is 1. The van der Waals surface area contributed by atoms with Crippen molar-refractivity contribution in [2.45, 2.75) is 0 Å². The van der Waals surface area contributed by atoms with E-state index in [1.807, 2.05) is 0 Å². The van der Waals surface area contributed by atoms with Crippen LogP contribution >= 0.6 is 0 Å². The second-order valence-corrected chi connectivity index (χ2v) is 3.50. The van der Waals surface area contributed by atoms with Crippen molar-refractivity contribution >= 4 is 16.2 Å². The first-order valence-electron chi connectivity index (χ1n) is 3.10. The van der Waals surface area contributed by atoms with Gasteiger partial charge in [-0.1, -0.05) is 6.08 Å². The number of carbonyl (C=O) groups is 1. The fraction of sp³-hybridized carbons (Fsp3) is 0.167. The van der Waals surface area contributed by atoms with Gasteiger partial charge in [-0.25, -0.2) is 0 Å². The van der Waals surface area contributed by atoms with E-state index in [2.05, 4.69) is 10.8 Å². The van der Waals surface area contributed by atoms with E-state index >= 15 is 0 Å². The molecule has 66 valence electrons. The van der Waals surface area contributed by atoms with Crippen LogP contribution in [0.4, 0.5) is 0 Å². The lowest BCUT2D eigenvalue weighted by Gasteiger charge is -2.20. The predicted molar refractivity (Wildman–Crippen MR) is 41.1 cm³/mol. The Bertz CT molecular complexity index is 329. The van der Waals surface area contributed by atoms with Crippen LogP contribution < -0.4 is 0 Å². The van der Waals surface area contributed by atoms with Gasteiger partial charge in [-0.2, -0.15) is 12.7 Å². The molecule has 0 bridgehead atoms. The topological polar surface area (TPSA) is 63.7 Å². The van der Waals surface area contributed by atoms with Crippen LogP contribution in [0.5, 0.6) is 0 Å². The Balaban J connectivity index is 3.00. The smallest absolute Gasteiger partial charge is 0.374 e. The van der Waals surface area contributed by atoms with Gasteiger partial charge in [0.2, 0.25) is 0 Å². The zero-order chi connectivity index (χ0) is 9.19. The summed E-state index contributed by atoms with van der Waals surface area (Å²) in [7, 11) is -3.91. The van der Waals surface area contributed by atoms with E-state index in [1.165, 1.54) is 6.08 Å². The third-order valence-electron chi connectivity index (χ3n) is 1.20. The third kappa shape index (κ3) is 1.48. The van der Waals surface area contributed by atoms with Crippen molar-refractivity contribution in [3.8, 4) is 0 Å². The summed E-state index contributed by atoms with van der Waals surface area (Å²) in [6, 6.07) is 0. The van der Waals surface area contributed by atoms with Gasteiger partial charge in [0.1, 0.15) is 6.26 Å². The van der Waals surface area contributed by atoms with Gasteiger partial charge >= 0.3 is 10.3 Å². The highest BCUT2D eigenvalue weighted by Crippen LogP contribution is 2.10. The first-order valence-corrected chi connectivity index (χ1v) is 4.47. The van der Waals surface area contributed by atoms with Crippen LogP contribution in [-0.4, -0.2) is 25.2 Å². The van der Waals surface area contributed by atoms with Crippen molar-refractivity contribution in [2.75, 3.05) is 6.54 Å². The molecule has 0 unspecified atom stereocenters. The van der Waals surface area contributed by atoms with Gasteiger partial charge < -0.3 is 4.18 Å². The zero-order valence-corrected chi connectivity index (χ0v) is 6.95. The van der Waals surface area contributed by atoms with E-state index in [-0.39, 0.29) is 6.54 Å². The lowest BCUT2D eigenvalue weighted by atomic mass is 10.5. The van der Waals surface area contributed by atoms with Crippen LogP contribution in [0.1, 0.15) is 0 Å². The molecule has 1 heterocycles. The van der Waals surface area contributed by atoms with Crippen LogP contribution in [0.3, 0.4) is 0 Å². The first kappa shape index (κ1) is 8.79. The van der Waals surface area contributed by atoms with Crippen LogP contribution in [0.25, 0.3) is 0 Å². The Morgan fingerprint density at radius 2 is 2.33 bits per heavy atom. The number of hydrogen-bond donors (Lipinski definition) is 0. The highest BCUT2D eigenvalue weighted by atomic mass is 32.2. The van der Waals surface area contributed by atoms with E-state index in [1.54, 1.807) is 0 Å². The van der Waals surface area contributed by atoms with Crippen LogP contribution in [0, 0.1) is 0 Å². The summed E-state index contributed by atoms with van der Waals surface area (Å²) in [6.45, 7) is 3.24. The molecule has 1 amide bonds. The van der Waals surface area contributed by atoms with Gasteiger partial charge in [0, 0.05) is 6.08 Å². The van der Waals surface area contributed by atoms with Gasteiger partial charge in [-0.3, -0.25) is 4.79 Å². The van der Waals surface area contributed by atoms with Crippen LogP contribution in [0.15, 0.2) is 25.0 Å². The molecule has 0 aromatic heterocycles. The molecule has 6 heteroatoms. The summed E-state index contributed by atoms with van der Waals surface area (Å²) in [5.74, 6) is -0.624. The van der Waals surface area contributed by atoms with Crippen molar-refractivity contribution in [1.29, 1.82) is 0 Å². The molecule has 0 aliphatic carbocycles. The molecule has 0 spiro atoms. The minimum Gasteiger partial charge on any atom is -0.374 e. The standard InChI is InChI=1S/C6H7NO4S/c1-2-4-7-6(8)3-5-11-12(7,9)10/h2-3,5H,1,4H2. The fourth-order valence-electron chi connectivity index (χ4n) is 0.700. The fourth-order valence-corrected chi connectivity index (χ4v) is 1.57. The molecule has 0 saturated carbocycles. The van der Waals surface area contributed by atoms with Gasteiger partial charge in [0.25, 0.3) is 5.91 Å². The maximum atomic E-state index is 11.0. The molecule has 0 atom stereocenters. The number of amides is 1. The minimum atomic E-state index is -3.91. The number of hydrogen-bond acceptors (Lipinski definition) is 4. The Labute approximate surface area is 70.2 Å². The maximum absolute atomic E-state index is 11.0. The van der Waals surface area contributed by atoms with Crippen molar-refractivity contribution in [3.05, 3.63) is 25.0 Å². The lowest BCUT2D eigenvalue weighted by Crippen LogP contribution is -2.38. The van der Waals surface area contributed by atoms with Crippen molar-refractivity contribution in [3.63, 3.8) is 0 Å². The summed E-state index contributed by atoms with van der Waals surface area (Å²) in [4.78, 5) is 10.9.